The average Bonchev–Trinajstić information content (AvgIpc) is 2.71. The molecule has 0 aromatic heterocycles. The lowest BCUT2D eigenvalue weighted by molar-refractivity contribution is 0.102. The van der Waals surface area contributed by atoms with Gasteiger partial charge in [0, 0.05) is 12.6 Å². The van der Waals surface area contributed by atoms with Gasteiger partial charge in [0.1, 0.15) is 0 Å². The van der Waals surface area contributed by atoms with Gasteiger partial charge in [0.2, 0.25) is 0 Å². The van der Waals surface area contributed by atoms with Gasteiger partial charge in [0.25, 0.3) is 0 Å². The highest BCUT2D eigenvalue weighted by atomic mass is 32.1. The molecule has 0 aromatic carbocycles. The summed E-state index contributed by atoms with van der Waals surface area (Å²) in [4.78, 5) is 2.73. The minimum Gasteiger partial charge on any atom is -0.300 e. The van der Waals surface area contributed by atoms with E-state index in [-0.39, 0.29) is 0 Å². The monoisotopic (exact) mass is 227 g/mol. The number of thiol groups is 1. The first-order valence-electron chi connectivity index (χ1n) is 6.61. The fraction of sp³-hybridized carbons (Fsp3) is 1.00. The lowest BCUT2D eigenvalue weighted by atomic mass is 9.86. The molecule has 1 aliphatic carbocycles. The molecule has 0 amide bonds. The maximum absolute atomic E-state index is 4.60. The van der Waals surface area contributed by atoms with Crippen molar-refractivity contribution >= 4 is 12.6 Å². The van der Waals surface area contributed by atoms with Gasteiger partial charge in [-0.25, -0.2) is 0 Å². The molecule has 0 spiro atoms. The molecule has 1 aliphatic heterocycles. The molecule has 0 bridgehead atoms. The van der Waals surface area contributed by atoms with E-state index in [2.05, 4.69) is 24.5 Å². The molecule has 2 rings (SSSR count). The molecule has 1 saturated heterocycles. The van der Waals surface area contributed by atoms with Crippen LogP contribution >= 0.6 is 12.6 Å². The van der Waals surface area contributed by atoms with Crippen molar-refractivity contribution in [2.45, 2.75) is 57.9 Å². The summed E-state index contributed by atoms with van der Waals surface area (Å²) in [6.45, 7) is 5.05. The molecule has 0 N–H and O–H groups in total. The zero-order chi connectivity index (χ0) is 10.7. The quantitative estimate of drug-likeness (QED) is 0.724. The highest BCUT2D eigenvalue weighted by molar-refractivity contribution is 7.80. The van der Waals surface area contributed by atoms with E-state index in [0.717, 1.165) is 11.8 Å². The van der Waals surface area contributed by atoms with Crippen molar-refractivity contribution < 1.29 is 0 Å². The predicted molar refractivity (Wildman–Crippen MR) is 69.6 cm³/mol. The van der Waals surface area contributed by atoms with Crippen molar-refractivity contribution in [1.82, 2.24) is 4.90 Å². The van der Waals surface area contributed by atoms with Crippen molar-refractivity contribution in [3.05, 3.63) is 0 Å². The Morgan fingerprint density at radius 1 is 1.20 bits per heavy atom. The third kappa shape index (κ3) is 2.71. The van der Waals surface area contributed by atoms with Crippen LogP contribution in [0.2, 0.25) is 0 Å². The van der Waals surface area contributed by atoms with Crippen LogP contribution in [0.4, 0.5) is 0 Å². The van der Waals surface area contributed by atoms with Gasteiger partial charge in [-0.2, -0.15) is 12.6 Å². The van der Waals surface area contributed by atoms with Crippen LogP contribution in [0.3, 0.4) is 0 Å². The molecule has 1 atom stereocenters. The number of hydrogen-bond donors (Lipinski definition) is 1. The molecule has 1 unspecified atom stereocenters. The van der Waals surface area contributed by atoms with E-state index in [1.807, 2.05) is 0 Å². The second kappa shape index (κ2) is 5.09. The Bertz CT molecular complexity index is 199. The van der Waals surface area contributed by atoms with Gasteiger partial charge < -0.3 is 4.90 Å². The fourth-order valence-corrected chi connectivity index (χ4v) is 3.73. The summed E-state index contributed by atoms with van der Waals surface area (Å²) in [6, 6.07) is 0.816. The van der Waals surface area contributed by atoms with Crippen molar-refractivity contribution in [2.24, 2.45) is 5.41 Å². The fourth-order valence-electron chi connectivity index (χ4n) is 3.31. The Balaban J connectivity index is 1.93. The van der Waals surface area contributed by atoms with Gasteiger partial charge in [0.05, 0.1) is 0 Å². The van der Waals surface area contributed by atoms with Crippen molar-refractivity contribution in [2.75, 3.05) is 18.8 Å². The van der Waals surface area contributed by atoms with Crippen LogP contribution in [-0.4, -0.2) is 29.8 Å². The molecule has 15 heavy (non-hydrogen) atoms. The van der Waals surface area contributed by atoms with Crippen LogP contribution in [0.1, 0.15) is 51.9 Å². The zero-order valence-electron chi connectivity index (χ0n) is 10.0. The number of hydrogen-bond acceptors (Lipinski definition) is 2. The summed E-state index contributed by atoms with van der Waals surface area (Å²) >= 11 is 4.60. The predicted octanol–water partition coefficient (Wildman–Crippen LogP) is 3.35. The van der Waals surface area contributed by atoms with Gasteiger partial charge in [-0.1, -0.05) is 19.3 Å². The molecule has 0 radical (unpaired) electrons. The van der Waals surface area contributed by atoms with Gasteiger partial charge in [-0.05, 0) is 50.3 Å². The molecular formula is C13H25NS. The highest BCUT2D eigenvalue weighted by Gasteiger charge is 2.35. The molecule has 1 nitrogen and oxygen atoms in total. The average molecular weight is 227 g/mol. The van der Waals surface area contributed by atoms with E-state index in [4.69, 9.17) is 0 Å². The first-order chi connectivity index (χ1) is 7.26. The summed E-state index contributed by atoms with van der Waals surface area (Å²) in [5.41, 5.74) is 0.564. The van der Waals surface area contributed by atoms with E-state index < -0.39 is 0 Å². The smallest absolute Gasteiger partial charge is 0.00671 e. The van der Waals surface area contributed by atoms with Crippen LogP contribution in [0.5, 0.6) is 0 Å². The van der Waals surface area contributed by atoms with Crippen LogP contribution in [-0.2, 0) is 0 Å². The maximum Gasteiger partial charge on any atom is 0.00671 e. The SMILES string of the molecule is CC1CCCCN1CC1(CS)CCCC1. The van der Waals surface area contributed by atoms with E-state index in [1.54, 1.807) is 0 Å². The number of likely N-dealkylation sites (tertiary alicyclic amines) is 1. The first kappa shape index (κ1) is 11.8. The molecule has 2 heteroatoms. The minimum absolute atomic E-state index is 0.564. The van der Waals surface area contributed by atoms with Crippen LogP contribution in [0.15, 0.2) is 0 Å². The van der Waals surface area contributed by atoms with E-state index in [9.17, 15) is 0 Å². The second-order valence-electron chi connectivity index (χ2n) is 5.68. The first-order valence-corrected chi connectivity index (χ1v) is 7.24. The largest absolute Gasteiger partial charge is 0.300 e. The Kier molecular flexibility index (Phi) is 4.00. The van der Waals surface area contributed by atoms with Crippen molar-refractivity contribution in [3.8, 4) is 0 Å². The second-order valence-corrected chi connectivity index (χ2v) is 6.00. The summed E-state index contributed by atoms with van der Waals surface area (Å²) < 4.78 is 0. The highest BCUT2D eigenvalue weighted by Crippen LogP contribution is 2.40. The van der Waals surface area contributed by atoms with E-state index >= 15 is 0 Å². The minimum atomic E-state index is 0.564. The molecular weight excluding hydrogens is 202 g/mol. The molecule has 2 aliphatic rings. The molecule has 1 saturated carbocycles. The third-order valence-corrected chi connectivity index (χ3v) is 5.15. The topological polar surface area (TPSA) is 3.24 Å². The van der Waals surface area contributed by atoms with Gasteiger partial charge in [-0.15, -0.1) is 0 Å². The molecule has 0 aromatic rings. The van der Waals surface area contributed by atoms with Gasteiger partial charge in [-0.3, -0.25) is 0 Å². The van der Waals surface area contributed by atoms with Gasteiger partial charge >= 0.3 is 0 Å². The molecule has 88 valence electrons. The Hall–Kier alpha value is 0.310. The lowest BCUT2D eigenvalue weighted by Crippen LogP contribution is -2.44. The van der Waals surface area contributed by atoms with Crippen LogP contribution in [0.25, 0.3) is 0 Å². The lowest BCUT2D eigenvalue weighted by Gasteiger charge is -2.40. The van der Waals surface area contributed by atoms with Crippen LogP contribution < -0.4 is 0 Å². The van der Waals surface area contributed by atoms with Crippen molar-refractivity contribution in [3.63, 3.8) is 0 Å². The number of rotatable bonds is 3. The van der Waals surface area contributed by atoms with E-state index in [0.29, 0.717) is 5.41 Å². The summed E-state index contributed by atoms with van der Waals surface area (Å²) in [6.07, 6.45) is 9.95. The molecule has 2 fully saturated rings. The van der Waals surface area contributed by atoms with E-state index in [1.165, 1.54) is 58.0 Å². The third-order valence-electron chi connectivity index (χ3n) is 4.48. The summed E-state index contributed by atoms with van der Waals surface area (Å²) in [7, 11) is 0. The number of piperidine rings is 1. The normalized spacial score (nSPS) is 32.0. The molecule has 1 heterocycles. The van der Waals surface area contributed by atoms with Crippen molar-refractivity contribution in [1.29, 1.82) is 0 Å². The summed E-state index contributed by atoms with van der Waals surface area (Å²) in [5, 5.41) is 0. The maximum atomic E-state index is 4.60. The number of nitrogens with zero attached hydrogens (tertiary/aromatic N) is 1. The standard InChI is InChI=1S/C13H25NS/c1-12-6-2-5-9-14(12)10-13(11-15)7-3-4-8-13/h12,15H,2-11H2,1H3. The summed E-state index contributed by atoms with van der Waals surface area (Å²) in [5.74, 6) is 1.09. The van der Waals surface area contributed by atoms with Crippen LogP contribution in [0, 0.1) is 5.41 Å². The Morgan fingerprint density at radius 2 is 1.93 bits per heavy atom. The Labute approximate surface area is 100 Å². The zero-order valence-corrected chi connectivity index (χ0v) is 10.9. The van der Waals surface area contributed by atoms with Gasteiger partial charge in [0.15, 0.2) is 0 Å². The Morgan fingerprint density at radius 3 is 2.53 bits per heavy atom.